The molecule has 0 radical (unpaired) electrons. The van der Waals surface area contributed by atoms with Crippen LogP contribution in [0.1, 0.15) is 25.7 Å². The molecule has 0 N–H and O–H groups in total. The highest BCUT2D eigenvalue weighted by molar-refractivity contribution is 7.99. The summed E-state index contributed by atoms with van der Waals surface area (Å²) in [6.45, 7) is 1.90. The molecule has 0 aliphatic carbocycles. The predicted molar refractivity (Wildman–Crippen MR) is 97.4 cm³/mol. The number of thioether (sulfide) groups is 1. The van der Waals surface area contributed by atoms with Crippen LogP contribution < -0.4 is 5.56 Å². The van der Waals surface area contributed by atoms with E-state index in [1.807, 2.05) is 11.0 Å². The highest BCUT2D eigenvalue weighted by Crippen LogP contribution is 2.18. The maximum atomic E-state index is 12.8. The molecule has 0 unspecified atom stereocenters. The van der Waals surface area contributed by atoms with E-state index in [9.17, 15) is 9.59 Å². The van der Waals surface area contributed by atoms with Crippen LogP contribution in [0.2, 0.25) is 0 Å². The minimum atomic E-state index is -0.155. The number of aromatic nitrogens is 2. The maximum absolute atomic E-state index is 12.8. The molecule has 6 nitrogen and oxygen atoms in total. The number of hydrogen-bond donors (Lipinski definition) is 0. The van der Waals surface area contributed by atoms with E-state index in [0.717, 1.165) is 25.9 Å². The summed E-state index contributed by atoms with van der Waals surface area (Å²) in [6, 6.07) is 9.22. The van der Waals surface area contributed by atoms with E-state index in [1.165, 1.54) is 22.7 Å². The number of hydrogen-bond acceptors (Lipinski definition) is 5. The van der Waals surface area contributed by atoms with Crippen LogP contribution in [0.15, 0.2) is 34.2 Å². The minimum Gasteiger partial charge on any atom is -0.343 e. The number of piperidine rings is 1. The Morgan fingerprint density at radius 1 is 1.24 bits per heavy atom. The molecule has 3 rings (SSSR count). The number of amides is 1. The van der Waals surface area contributed by atoms with Crippen LogP contribution in [0.3, 0.4) is 0 Å². The third-order valence-electron chi connectivity index (χ3n) is 4.35. The monoisotopic (exact) mass is 356 g/mol. The SMILES string of the molecule is N#CCSc1nc2ccccc2c(=O)n1CCC(=O)N1CCCCC1. The Labute approximate surface area is 150 Å². The van der Waals surface area contributed by atoms with E-state index >= 15 is 0 Å². The van der Waals surface area contributed by atoms with E-state index in [0.29, 0.717) is 22.6 Å². The van der Waals surface area contributed by atoms with Crippen LogP contribution in [-0.4, -0.2) is 39.2 Å². The smallest absolute Gasteiger partial charge is 0.262 e. The van der Waals surface area contributed by atoms with Gasteiger partial charge in [0.1, 0.15) is 0 Å². The van der Waals surface area contributed by atoms with Gasteiger partial charge in [0.2, 0.25) is 5.91 Å². The number of benzene rings is 1. The summed E-state index contributed by atoms with van der Waals surface area (Å²) in [6.07, 6.45) is 3.55. The second kappa shape index (κ2) is 8.17. The molecule has 7 heteroatoms. The van der Waals surface area contributed by atoms with Gasteiger partial charge in [0.15, 0.2) is 5.16 Å². The van der Waals surface area contributed by atoms with Gasteiger partial charge in [-0.1, -0.05) is 23.9 Å². The fourth-order valence-corrected chi connectivity index (χ4v) is 3.75. The maximum Gasteiger partial charge on any atom is 0.262 e. The predicted octanol–water partition coefficient (Wildman–Crippen LogP) is 2.41. The fraction of sp³-hybridized carbons (Fsp3) is 0.444. The van der Waals surface area contributed by atoms with Crippen molar-refractivity contribution in [1.82, 2.24) is 14.5 Å². The molecule has 1 aliphatic rings. The van der Waals surface area contributed by atoms with E-state index < -0.39 is 0 Å². The lowest BCUT2D eigenvalue weighted by Crippen LogP contribution is -2.36. The quantitative estimate of drug-likeness (QED) is 0.607. The first-order valence-corrected chi connectivity index (χ1v) is 9.46. The number of carbonyl (C=O) groups excluding carboxylic acids is 1. The molecule has 25 heavy (non-hydrogen) atoms. The van der Waals surface area contributed by atoms with Crippen molar-refractivity contribution in [3.63, 3.8) is 0 Å². The van der Waals surface area contributed by atoms with Gasteiger partial charge in [0.25, 0.3) is 5.56 Å². The van der Waals surface area contributed by atoms with Gasteiger partial charge in [-0.2, -0.15) is 5.26 Å². The molecule has 0 atom stereocenters. The molecule has 1 aliphatic heterocycles. The summed E-state index contributed by atoms with van der Waals surface area (Å²) >= 11 is 1.23. The number of fused-ring (bicyclic) bond motifs is 1. The molecule has 130 valence electrons. The van der Waals surface area contributed by atoms with Crippen molar-refractivity contribution >= 4 is 28.6 Å². The lowest BCUT2D eigenvalue weighted by molar-refractivity contribution is -0.132. The lowest BCUT2D eigenvalue weighted by atomic mass is 10.1. The fourth-order valence-electron chi connectivity index (χ4n) is 3.06. The summed E-state index contributed by atoms with van der Waals surface area (Å²) in [5.41, 5.74) is 0.462. The molecule has 1 aromatic carbocycles. The topological polar surface area (TPSA) is 79.0 Å². The second-order valence-electron chi connectivity index (χ2n) is 6.01. The summed E-state index contributed by atoms with van der Waals surface area (Å²) in [4.78, 5) is 31.6. The van der Waals surface area contributed by atoms with Crippen molar-refractivity contribution in [3.8, 4) is 6.07 Å². The normalized spacial score (nSPS) is 14.4. The van der Waals surface area contributed by atoms with E-state index in [4.69, 9.17) is 5.26 Å². The third kappa shape index (κ3) is 4.02. The number of para-hydroxylation sites is 1. The Kier molecular flexibility index (Phi) is 5.71. The molecule has 1 saturated heterocycles. The average Bonchev–Trinajstić information content (AvgIpc) is 2.66. The zero-order valence-electron chi connectivity index (χ0n) is 14.0. The van der Waals surface area contributed by atoms with Crippen LogP contribution in [-0.2, 0) is 11.3 Å². The van der Waals surface area contributed by atoms with Gasteiger partial charge in [-0.05, 0) is 31.4 Å². The molecule has 2 aromatic rings. The molecule has 1 fully saturated rings. The molecule has 1 amide bonds. The second-order valence-corrected chi connectivity index (χ2v) is 6.95. The Balaban J connectivity index is 1.85. The zero-order valence-corrected chi connectivity index (χ0v) is 14.8. The Morgan fingerprint density at radius 3 is 2.76 bits per heavy atom. The molecular formula is C18H20N4O2S. The minimum absolute atomic E-state index is 0.0796. The van der Waals surface area contributed by atoms with Gasteiger partial charge in [-0.3, -0.25) is 14.2 Å². The molecule has 0 spiro atoms. The molecular weight excluding hydrogens is 336 g/mol. The standard InChI is InChI=1S/C18H20N4O2S/c19-9-13-25-18-20-15-7-3-2-6-14(15)17(24)22(18)12-8-16(23)21-10-4-1-5-11-21/h2-3,6-7H,1,4-5,8,10-13H2. The first-order valence-electron chi connectivity index (χ1n) is 8.48. The van der Waals surface area contributed by atoms with E-state index in [2.05, 4.69) is 11.1 Å². The van der Waals surface area contributed by atoms with Crippen molar-refractivity contribution in [3.05, 3.63) is 34.6 Å². The van der Waals surface area contributed by atoms with Crippen molar-refractivity contribution in [1.29, 1.82) is 5.26 Å². The van der Waals surface area contributed by atoms with Crippen LogP contribution in [0, 0.1) is 11.3 Å². The van der Waals surface area contributed by atoms with Gasteiger partial charge < -0.3 is 4.90 Å². The molecule has 0 bridgehead atoms. The lowest BCUT2D eigenvalue weighted by Gasteiger charge is -2.27. The van der Waals surface area contributed by atoms with Crippen molar-refractivity contribution in [2.75, 3.05) is 18.8 Å². The summed E-state index contributed by atoms with van der Waals surface area (Å²) in [5, 5.41) is 9.88. The van der Waals surface area contributed by atoms with Gasteiger partial charge in [-0.25, -0.2) is 4.98 Å². The zero-order chi connectivity index (χ0) is 17.6. The number of carbonyl (C=O) groups is 1. The van der Waals surface area contributed by atoms with Crippen LogP contribution in [0.5, 0.6) is 0 Å². The average molecular weight is 356 g/mol. The van der Waals surface area contributed by atoms with Crippen LogP contribution in [0.25, 0.3) is 10.9 Å². The Morgan fingerprint density at radius 2 is 2.00 bits per heavy atom. The first-order chi connectivity index (χ1) is 12.2. The van der Waals surface area contributed by atoms with Gasteiger partial charge in [0, 0.05) is 26.1 Å². The van der Waals surface area contributed by atoms with E-state index in [-0.39, 0.29) is 23.6 Å². The molecule has 0 saturated carbocycles. The van der Waals surface area contributed by atoms with Crippen LogP contribution >= 0.6 is 11.8 Å². The third-order valence-corrected chi connectivity index (χ3v) is 5.19. The first kappa shape index (κ1) is 17.5. The summed E-state index contributed by atoms with van der Waals surface area (Å²) in [5.74, 6) is 0.293. The van der Waals surface area contributed by atoms with Gasteiger partial charge in [-0.15, -0.1) is 0 Å². The number of nitriles is 1. The van der Waals surface area contributed by atoms with E-state index in [1.54, 1.807) is 18.2 Å². The van der Waals surface area contributed by atoms with Gasteiger partial charge >= 0.3 is 0 Å². The van der Waals surface area contributed by atoms with Crippen LogP contribution in [0.4, 0.5) is 0 Å². The van der Waals surface area contributed by atoms with Crippen molar-refractivity contribution in [2.45, 2.75) is 37.4 Å². The van der Waals surface area contributed by atoms with Gasteiger partial charge in [0.05, 0.1) is 22.7 Å². The number of nitrogens with zero attached hydrogens (tertiary/aromatic N) is 4. The highest BCUT2D eigenvalue weighted by Gasteiger charge is 2.18. The van der Waals surface area contributed by atoms with Crippen molar-refractivity contribution < 1.29 is 4.79 Å². The highest BCUT2D eigenvalue weighted by atomic mass is 32.2. The number of rotatable bonds is 5. The Hall–Kier alpha value is -2.33. The Bertz CT molecular complexity index is 865. The summed E-state index contributed by atoms with van der Waals surface area (Å²) < 4.78 is 1.53. The molecule has 2 heterocycles. The molecule has 1 aromatic heterocycles. The van der Waals surface area contributed by atoms with Crippen molar-refractivity contribution in [2.24, 2.45) is 0 Å². The summed E-state index contributed by atoms with van der Waals surface area (Å²) in [7, 11) is 0. The largest absolute Gasteiger partial charge is 0.343 e. The number of likely N-dealkylation sites (tertiary alicyclic amines) is 1.